The second-order valence-corrected chi connectivity index (χ2v) is 5.48. The van der Waals surface area contributed by atoms with Crippen LogP contribution >= 0.6 is 0 Å². The van der Waals surface area contributed by atoms with E-state index in [9.17, 15) is 14.9 Å². The molecular formula is C19H23N3O6. The molecule has 28 heavy (non-hydrogen) atoms. The normalized spacial score (nSPS) is 10.1. The van der Waals surface area contributed by atoms with Crippen molar-refractivity contribution in [2.75, 3.05) is 30.5 Å². The van der Waals surface area contributed by atoms with Crippen molar-refractivity contribution in [2.45, 2.75) is 20.8 Å². The van der Waals surface area contributed by atoms with Crippen LogP contribution < -0.4 is 24.8 Å². The molecule has 0 fully saturated rings. The minimum atomic E-state index is -0.511. The molecule has 0 heterocycles. The second-order valence-electron chi connectivity index (χ2n) is 5.48. The molecule has 0 unspecified atom stereocenters. The van der Waals surface area contributed by atoms with Crippen LogP contribution in [0.1, 0.15) is 20.8 Å². The number of non-ortho nitro benzene ring substituents is 1. The van der Waals surface area contributed by atoms with Crippen LogP contribution in [-0.2, 0) is 0 Å². The Labute approximate surface area is 162 Å². The Bertz CT molecular complexity index is 796. The minimum Gasteiger partial charge on any atom is -0.490 e. The van der Waals surface area contributed by atoms with Gasteiger partial charge < -0.3 is 24.8 Å². The van der Waals surface area contributed by atoms with Crippen molar-refractivity contribution in [2.24, 2.45) is 0 Å². The van der Waals surface area contributed by atoms with Crippen molar-refractivity contribution < 1.29 is 23.9 Å². The average molecular weight is 389 g/mol. The van der Waals surface area contributed by atoms with Gasteiger partial charge >= 0.3 is 6.03 Å². The van der Waals surface area contributed by atoms with Crippen molar-refractivity contribution in [1.29, 1.82) is 0 Å². The van der Waals surface area contributed by atoms with Gasteiger partial charge in [-0.1, -0.05) is 0 Å². The van der Waals surface area contributed by atoms with E-state index < -0.39 is 11.0 Å². The zero-order chi connectivity index (χ0) is 20.5. The standard InChI is InChI=1S/C19H23N3O6/c1-4-26-16-11-14(12-17(27-5-2)18(16)28-6-3)21-19(23)20-13-7-9-15(10-8-13)22(24)25/h7-12H,4-6H2,1-3H3,(H2,20,21,23). The summed E-state index contributed by atoms with van der Waals surface area (Å²) in [7, 11) is 0. The summed E-state index contributed by atoms with van der Waals surface area (Å²) in [5.74, 6) is 1.40. The smallest absolute Gasteiger partial charge is 0.323 e. The van der Waals surface area contributed by atoms with Gasteiger partial charge in [0.25, 0.3) is 5.69 Å². The van der Waals surface area contributed by atoms with Crippen molar-refractivity contribution in [3.8, 4) is 17.2 Å². The molecule has 0 bridgehead atoms. The highest BCUT2D eigenvalue weighted by Crippen LogP contribution is 2.40. The Morgan fingerprint density at radius 2 is 1.39 bits per heavy atom. The van der Waals surface area contributed by atoms with E-state index in [1.165, 1.54) is 24.3 Å². The van der Waals surface area contributed by atoms with Gasteiger partial charge in [0.2, 0.25) is 5.75 Å². The van der Waals surface area contributed by atoms with Crippen LogP contribution in [0.5, 0.6) is 17.2 Å². The number of carbonyl (C=O) groups is 1. The molecule has 0 aliphatic carbocycles. The first-order chi connectivity index (χ1) is 13.5. The fourth-order valence-corrected chi connectivity index (χ4v) is 2.42. The van der Waals surface area contributed by atoms with Crippen molar-refractivity contribution >= 4 is 23.1 Å². The lowest BCUT2D eigenvalue weighted by atomic mass is 10.2. The number of nitrogens with zero attached hydrogens (tertiary/aromatic N) is 1. The highest BCUT2D eigenvalue weighted by atomic mass is 16.6. The highest BCUT2D eigenvalue weighted by Gasteiger charge is 2.16. The number of urea groups is 1. The summed E-state index contributed by atoms with van der Waals surface area (Å²) < 4.78 is 16.9. The molecule has 0 aromatic heterocycles. The summed E-state index contributed by atoms with van der Waals surface area (Å²) in [6.07, 6.45) is 0. The fraction of sp³-hybridized carbons (Fsp3) is 0.316. The zero-order valence-corrected chi connectivity index (χ0v) is 16.0. The van der Waals surface area contributed by atoms with E-state index in [0.717, 1.165) is 0 Å². The number of carbonyl (C=O) groups excluding carboxylic acids is 1. The van der Waals surface area contributed by atoms with Crippen LogP contribution in [0.3, 0.4) is 0 Å². The van der Waals surface area contributed by atoms with Crippen LogP contribution in [0.2, 0.25) is 0 Å². The molecule has 150 valence electrons. The molecule has 0 spiro atoms. The van der Waals surface area contributed by atoms with Crippen LogP contribution in [0, 0.1) is 10.1 Å². The van der Waals surface area contributed by atoms with E-state index in [4.69, 9.17) is 14.2 Å². The van der Waals surface area contributed by atoms with Crippen LogP contribution in [0.25, 0.3) is 0 Å². The number of nitro benzene ring substituents is 1. The number of hydrogen-bond donors (Lipinski definition) is 2. The fourth-order valence-electron chi connectivity index (χ4n) is 2.42. The molecule has 0 saturated carbocycles. The Kier molecular flexibility index (Phi) is 7.44. The predicted octanol–water partition coefficient (Wildman–Crippen LogP) is 4.43. The van der Waals surface area contributed by atoms with Gasteiger partial charge in [-0.3, -0.25) is 10.1 Å². The largest absolute Gasteiger partial charge is 0.490 e. The van der Waals surface area contributed by atoms with E-state index >= 15 is 0 Å². The van der Waals surface area contributed by atoms with E-state index in [1.54, 1.807) is 12.1 Å². The van der Waals surface area contributed by atoms with Crippen LogP contribution in [-0.4, -0.2) is 30.8 Å². The molecule has 0 aliphatic rings. The van der Waals surface area contributed by atoms with Gasteiger partial charge in [0.1, 0.15) is 0 Å². The summed E-state index contributed by atoms with van der Waals surface area (Å²) in [6.45, 7) is 6.83. The Morgan fingerprint density at radius 3 is 1.86 bits per heavy atom. The van der Waals surface area contributed by atoms with E-state index in [0.29, 0.717) is 48.4 Å². The van der Waals surface area contributed by atoms with Crippen molar-refractivity contribution in [3.05, 3.63) is 46.5 Å². The number of amides is 2. The average Bonchev–Trinajstić information content (AvgIpc) is 2.65. The molecule has 2 aromatic rings. The van der Waals surface area contributed by atoms with Gasteiger partial charge in [0.15, 0.2) is 11.5 Å². The second kappa shape index (κ2) is 10.0. The summed E-state index contributed by atoms with van der Waals surface area (Å²) >= 11 is 0. The number of nitro groups is 1. The molecule has 2 rings (SSSR count). The molecule has 0 atom stereocenters. The number of ether oxygens (including phenoxy) is 3. The van der Waals surface area contributed by atoms with Gasteiger partial charge in [0.05, 0.1) is 30.4 Å². The summed E-state index contributed by atoms with van der Waals surface area (Å²) in [5, 5.41) is 16.0. The number of rotatable bonds is 9. The highest BCUT2D eigenvalue weighted by molar-refractivity contribution is 6.00. The summed E-state index contributed by atoms with van der Waals surface area (Å²) in [4.78, 5) is 22.5. The van der Waals surface area contributed by atoms with Crippen LogP contribution in [0.4, 0.5) is 21.9 Å². The van der Waals surface area contributed by atoms with E-state index in [-0.39, 0.29) is 5.69 Å². The number of anilines is 2. The molecule has 2 N–H and O–H groups in total. The molecule has 0 aliphatic heterocycles. The predicted molar refractivity (Wildman–Crippen MR) is 106 cm³/mol. The Morgan fingerprint density at radius 1 is 0.893 bits per heavy atom. The first kappa shape index (κ1) is 20.8. The van der Waals surface area contributed by atoms with Gasteiger partial charge in [-0.15, -0.1) is 0 Å². The van der Waals surface area contributed by atoms with Crippen molar-refractivity contribution in [1.82, 2.24) is 0 Å². The summed E-state index contributed by atoms with van der Waals surface area (Å²) in [6, 6.07) is 8.31. The van der Waals surface area contributed by atoms with Gasteiger partial charge in [-0.05, 0) is 32.9 Å². The molecule has 9 heteroatoms. The third-order valence-corrected chi connectivity index (χ3v) is 3.50. The Hall–Kier alpha value is -3.49. The van der Waals surface area contributed by atoms with Crippen LogP contribution in [0.15, 0.2) is 36.4 Å². The molecule has 2 aromatic carbocycles. The lowest BCUT2D eigenvalue weighted by molar-refractivity contribution is -0.384. The van der Waals surface area contributed by atoms with Crippen molar-refractivity contribution in [3.63, 3.8) is 0 Å². The lowest BCUT2D eigenvalue weighted by Gasteiger charge is -2.17. The third kappa shape index (κ3) is 5.50. The lowest BCUT2D eigenvalue weighted by Crippen LogP contribution is -2.19. The summed E-state index contributed by atoms with van der Waals surface area (Å²) in [5.41, 5.74) is 0.819. The first-order valence-corrected chi connectivity index (χ1v) is 8.87. The molecule has 0 saturated heterocycles. The minimum absolute atomic E-state index is 0.0554. The van der Waals surface area contributed by atoms with Gasteiger partial charge in [0, 0.05) is 30.0 Å². The molecule has 0 radical (unpaired) electrons. The maximum atomic E-state index is 12.3. The monoisotopic (exact) mass is 389 g/mol. The number of benzene rings is 2. The number of nitrogens with one attached hydrogen (secondary N) is 2. The molecular weight excluding hydrogens is 366 g/mol. The SMILES string of the molecule is CCOc1cc(NC(=O)Nc2ccc([N+](=O)[O-])cc2)cc(OCC)c1OCC. The first-order valence-electron chi connectivity index (χ1n) is 8.87. The molecule has 2 amide bonds. The van der Waals surface area contributed by atoms with Gasteiger partial charge in [-0.2, -0.15) is 0 Å². The number of hydrogen-bond acceptors (Lipinski definition) is 6. The molecule has 9 nitrogen and oxygen atoms in total. The van der Waals surface area contributed by atoms with E-state index in [2.05, 4.69) is 10.6 Å². The topological polar surface area (TPSA) is 112 Å². The quantitative estimate of drug-likeness (QED) is 0.484. The maximum Gasteiger partial charge on any atom is 0.323 e. The van der Waals surface area contributed by atoms with E-state index in [1.807, 2.05) is 20.8 Å². The Balaban J connectivity index is 2.19. The van der Waals surface area contributed by atoms with Gasteiger partial charge in [-0.25, -0.2) is 4.79 Å². The maximum absolute atomic E-state index is 12.3. The zero-order valence-electron chi connectivity index (χ0n) is 16.0. The third-order valence-electron chi connectivity index (χ3n) is 3.50.